The van der Waals surface area contributed by atoms with Crippen molar-refractivity contribution in [1.82, 2.24) is 0 Å². The first-order chi connectivity index (χ1) is 6.75. The third-order valence-electron chi connectivity index (χ3n) is 2.16. The van der Waals surface area contributed by atoms with E-state index in [0.29, 0.717) is 10.0 Å². The molecule has 78 valence electrons. The second kappa shape index (κ2) is 6.28. The minimum atomic E-state index is 0.646. The summed E-state index contributed by atoms with van der Waals surface area (Å²) in [5.74, 6) is 0. The van der Waals surface area contributed by atoms with E-state index in [1.807, 2.05) is 18.2 Å². The summed E-state index contributed by atoms with van der Waals surface area (Å²) in [6.45, 7) is 4.26. The number of rotatable bonds is 5. The molecule has 0 atom stereocenters. The van der Waals surface area contributed by atoms with Gasteiger partial charge >= 0.3 is 0 Å². The highest BCUT2D eigenvalue weighted by Gasteiger charge is 2.04. The third kappa shape index (κ3) is 3.49. The average molecular weight is 233 g/mol. The monoisotopic (exact) mass is 232 g/mol. The van der Waals surface area contributed by atoms with E-state index in [-0.39, 0.29) is 0 Å². The van der Waals surface area contributed by atoms with Crippen LogP contribution >= 0.6 is 23.2 Å². The van der Waals surface area contributed by atoms with Crippen molar-refractivity contribution >= 4 is 23.2 Å². The van der Waals surface area contributed by atoms with Crippen LogP contribution in [0.2, 0.25) is 10.0 Å². The second-order valence-corrected chi connectivity index (χ2v) is 4.13. The number of benzene rings is 1. The summed E-state index contributed by atoms with van der Waals surface area (Å²) in [5.41, 5.74) is 1.12. The van der Waals surface area contributed by atoms with Gasteiger partial charge in [-0.15, -0.1) is 0 Å². The van der Waals surface area contributed by atoms with E-state index in [1.54, 1.807) is 0 Å². The van der Waals surface area contributed by atoms with Crippen LogP contribution in [0.25, 0.3) is 0 Å². The summed E-state index contributed by atoms with van der Waals surface area (Å²) in [6.07, 6.45) is 2.48. The molecule has 1 aromatic carbocycles. The molecule has 14 heavy (non-hydrogen) atoms. The van der Waals surface area contributed by atoms with E-state index in [0.717, 1.165) is 18.7 Å². The molecule has 0 saturated carbocycles. The summed E-state index contributed by atoms with van der Waals surface area (Å²) in [4.78, 5) is 0. The van der Waals surface area contributed by atoms with E-state index in [1.165, 1.54) is 12.8 Å². The lowest BCUT2D eigenvalue weighted by molar-refractivity contribution is -0.670. The van der Waals surface area contributed by atoms with Crippen molar-refractivity contribution in [2.24, 2.45) is 0 Å². The fourth-order valence-electron chi connectivity index (χ4n) is 1.31. The molecular formula is C11H16Cl2N+. The molecule has 0 amide bonds. The van der Waals surface area contributed by atoms with Gasteiger partial charge in [-0.05, 0) is 12.5 Å². The van der Waals surface area contributed by atoms with Gasteiger partial charge in [0, 0.05) is 5.56 Å². The summed E-state index contributed by atoms with van der Waals surface area (Å²) in [5, 5.41) is 3.61. The van der Waals surface area contributed by atoms with Crippen LogP contribution in [0, 0.1) is 0 Å². The molecule has 0 aromatic heterocycles. The molecule has 1 nitrogen and oxygen atoms in total. The molecule has 0 unspecified atom stereocenters. The van der Waals surface area contributed by atoms with Crippen LogP contribution in [-0.4, -0.2) is 6.54 Å². The SMILES string of the molecule is CCCC[NH2+]Cc1cccc(Cl)c1Cl. The number of hydrogen-bond acceptors (Lipinski definition) is 0. The zero-order valence-corrected chi connectivity index (χ0v) is 9.91. The molecule has 0 aliphatic rings. The topological polar surface area (TPSA) is 16.6 Å². The number of halogens is 2. The first-order valence-corrected chi connectivity index (χ1v) is 5.76. The fraction of sp³-hybridized carbons (Fsp3) is 0.455. The molecule has 0 saturated heterocycles. The van der Waals surface area contributed by atoms with Crippen LogP contribution in [-0.2, 0) is 6.54 Å². The lowest BCUT2D eigenvalue weighted by Gasteiger charge is -2.04. The predicted molar refractivity (Wildman–Crippen MR) is 61.9 cm³/mol. The Bertz CT molecular complexity index is 287. The number of quaternary nitrogens is 1. The highest BCUT2D eigenvalue weighted by Crippen LogP contribution is 2.24. The quantitative estimate of drug-likeness (QED) is 0.753. The normalized spacial score (nSPS) is 10.5. The van der Waals surface area contributed by atoms with Crippen LogP contribution in [0.1, 0.15) is 25.3 Å². The third-order valence-corrected chi connectivity index (χ3v) is 3.02. The Kier molecular flexibility index (Phi) is 5.31. The van der Waals surface area contributed by atoms with Gasteiger partial charge in [-0.1, -0.05) is 48.7 Å². The van der Waals surface area contributed by atoms with Gasteiger partial charge in [-0.2, -0.15) is 0 Å². The van der Waals surface area contributed by atoms with Crippen molar-refractivity contribution in [2.45, 2.75) is 26.3 Å². The second-order valence-electron chi connectivity index (χ2n) is 3.35. The number of nitrogens with two attached hydrogens (primary N) is 1. The Labute approximate surface area is 95.4 Å². The summed E-state index contributed by atoms with van der Waals surface area (Å²) < 4.78 is 0. The Morgan fingerprint density at radius 3 is 2.79 bits per heavy atom. The van der Waals surface area contributed by atoms with E-state index < -0.39 is 0 Å². The molecular weight excluding hydrogens is 217 g/mol. The Morgan fingerprint density at radius 2 is 2.07 bits per heavy atom. The average Bonchev–Trinajstić information content (AvgIpc) is 2.19. The Balaban J connectivity index is 2.46. The van der Waals surface area contributed by atoms with Crippen LogP contribution in [0.15, 0.2) is 18.2 Å². The van der Waals surface area contributed by atoms with Crippen molar-refractivity contribution in [3.05, 3.63) is 33.8 Å². The molecule has 2 N–H and O–H groups in total. The lowest BCUT2D eigenvalue weighted by Crippen LogP contribution is -2.82. The molecule has 0 fully saturated rings. The summed E-state index contributed by atoms with van der Waals surface area (Å²) >= 11 is 12.0. The summed E-state index contributed by atoms with van der Waals surface area (Å²) in [7, 11) is 0. The van der Waals surface area contributed by atoms with Crippen molar-refractivity contribution in [3.63, 3.8) is 0 Å². The summed E-state index contributed by atoms with van der Waals surface area (Å²) in [6, 6.07) is 5.79. The first kappa shape index (κ1) is 11.8. The van der Waals surface area contributed by atoms with E-state index >= 15 is 0 Å². The highest BCUT2D eigenvalue weighted by molar-refractivity contribution is 6.42. The minimum absolute atomic E-state index is 0.646. The number of unbranched alkanes of at least 4 members (excludes halogenated alkanes) is 1. The molecule has 0 bridgehead atoms. The van der Waals surface area contributed by atoms with Crippen molar-refractivity contribution in [2.75, 3.05) is 6.54 Å². The maximum Gasteiger partial charge on any atom is 0.103 e. The van der Waals surface area contributed by atoms with Crippen LogP contribution in [0.5, 0.6) is 0 Å². The van der Waals surface area contributed by atoms with Gasteiger partial charge in [0.15, 0.2) is 0 Å². The smallest absolute Gasteiger partial charge is 0.103 e. The maximum atomic E-state index is 6.05. The molecule has 3 heteroatoms. The van der Waals surface area contributed by atoms with Crippen molar-refractivity contribution in [3.8, 4) is 0 Å². The van der Waals surface area contributed by atoms with E-state index in [4.69, 9.17) is 23.2 Å². The number of hydrogen-bond donors (Lipinski definition) is 1. The van der Waals surface area contributed by atoms with Gasteiger partial charge in [0.25, 0.3) is 0 Å². The van der Waals surface area contributed by atoms with Crippen LogP contribution < -0.4 is 5.32 Å². The van der Waals surface area contributed by atoms with Gasteiger partial charge in [-0.25, -0.2) is 0 Å². The van der Waals surface area contributed by atoms with Crippen LogP contribution in [0.3, 0.4) is 0 Å². The lowest BCUT2D eigenvalue weighted by atomic mass is 10.2. The molecule has 0 aliphatic carbocycles. The van der Waals surface area contributed by atoms with Crippen molar-refractivity contribution in [1.29, 1.82) is 0 Å². The first-order valence-electron chi connectivity index (χ1n) is 5.00. The standard InChI is InChI=1S/C11H15Cl2N/c1-2-3-7-14-8-9-5-4-6-10(12)11(9)13/h4-6,14H,2-3,7-8H2,1H3/p+1. The fourth-order valence-corrected chi connectivity index (χ4v) is 1.71. The minimum Gasteiger partial charge on any atom is -0.342 e. The maximum absolute atomic E-state index is 6.05. The highest BCUT2D eigenvalue weighted by atomic mass is 35.5. The van der Waals surface area contributed by atoms with Gasteiger partial charge < -0.3 is 5.32 Å². The van der Waals surface area contributed by atoms with E-state index in [2.05, 4.69) is 12.2 Å². The van der Waals surface area contributed by atoms with Gasteiger partial charge in [0.2, 0.25) is 0 Å². The molecule has 1 rings (SSSR count). The zero-order valence-electron chi connectivity index (χ0n) is 8.39. The van der Waals surface area contributed by atoms with Gasteiger partial charge in [0.1, 0.15) is 6.54 Å². The Morgan fingerprint density at radius 1 is 1.29 bits per heavy atom. The molecule has 1 aromatic rings. The van der Waals surface area contributed by atoms with Gasteiger partial charge in [-0.3, -0.25) is 0 Å². The van der Waals surface area contributed by atoms with Crippen molar-refractivity contribution < 1.29 is 5.32 Å². The Hall–Kier alpha value is -0.240. The molecule has 0 aliphatic heterocycles. The van der Waals surface area contributed by atoms with Crippen LogP contribution in [0.4, 0.5) is 0 Å². The van der Waals surface area contributed by atoms with Gasteiger partial charge in [0.05, 0.1) is 16.6 Å². The largest absolute Gasteiger partial charge is 0.342 e. The molecule has 0 spiro atoms. The molecule has 0 radical (unpaired) electrons. The zero-order chi connectivity index (χ0) is 10.4. The van der Waals surface area contributed by atoms with E-state index in [9.17, 15) is 0 Å². The predicted octanol–water partition coefficient (Wildman–Crippen LogP) is 2.86. The molecule has 0 heterocycles.